The van der Waals surface area contributed by atoms with Crippen molar-refractivity contribution in [2.24, 2.45) is 5.92 Å². The molecule has 1 aliphatic carbocycles. The van der Waals surface area contributed by atoms with E-state index >= 15 is 0 Å². The molecule has 0 bridgehead atoms. The molecule has 3 heteroatoms. The molecule has 88 valence electrons. The number of rotatable bonds is 3. The maximum absolute atomic E-state index is 11.8. The summed E-state index contributed by atoms with van der Waals surface area (Å²) in [5, 5.41) is 2.92. The number of carbonyl (C=O) groups is 1. The summed E-state index contributed by atoms with van der Waals surface area (Å²) in [5.41, 5.74) is 3.06. The Labute approximate surface area is 101 Å². The summed E-state index contributed by atoms with van der Waals surface area (Å²) in [6, 6.07) is 5.33. The Morgan fingerprint density at radius 2 is 2.00 bits per heavy atom. The Morgan fingerprint density at radius 3 is 2.59 bits per heavy atom. The van der Waals surface area contributed by atoms with Crippen molar-refractivity contribution in [1.29, 1.82) is 0 Å². The molecule has 0 atom stereocenters. The molecule has 0 aromatic carbocycles. The lowest BCUT2D eigenvalue weighted by atomic mass is 9.98. The quantitative estimate of drug-likeness (QED) is 0.862. The average molecular weight is 228 g/mol. The summed E-state index contributed by atoms with van der Waals surface area (Å²) in [7, 11) is 0. The van der Waals surface area contributed by atoms with Gasteiger partial charge in [-0.15, -0.1) is 0 Å². The maximum Gasteiger partial charge on any atom is 0.269 e. The van der Waals surface area contributed by atoms with Gasteiger partial charge in [0.1, 0.15) is 5.69 Å². The number of amides is 1. The van der Waals surface area contributed by atoms with Crippen LogP contribution in [0.2, 0.25) is 0 Å². The van der Waals surface area contributed by atoms with Gasteiger partial charge in [0.2, 0.25) is 0 Å². The van der Waals surface area contributed by atoms with Crippen molar-refractivity contribution in [3.63, 3.8) is 0 Å². The van der Waals surface area contributed by atoms with Gasteiger partial charge in [-0.2, -0.15) is 0 Å². The molecular formula is C14H16N2O. The number of aromatic nitrogens is 1. The van der Waals surface area contributed by atoms with Gasteiger partial charge in [-0.25, -0.2) is 0 Å². The van der Waals surface area contributed by atoms with Gasteiger partial charge in [-0.1, -0.05) is 29.4 Å². The first-order valence-electron chi connectivity index (χ1n) is 5.72. The summed E-state index contributed by atoms with van der Waals surface area (Å²) >= 11 is 0. The molecule has 3 nitrogen and oxygen atoms in total. The van der Waals surface area contributed by atoms with Gasteiger partial charge in [0.05, 0.1) is 0 Å². The summed E-state index contributed by atoms with van der Waals surface area (Å²) in [6.45, 7) is 4.81. The number of carbonyl (C=O) groups excluding carboxylic acids is 1. The molecule has 0 aliphatic heterocycles. The highest BCUT2D eigenvalue weighted by molar-refractivity contribution is 5.92. The van der Waals surface area contributed by atoms with E-state index in [1.807, 2.05) is 6.07 Å². The van der Waals surface area contributed by atoms with Crippen molar-refractivity contribution >= 4 is 5.91 Å². The maximum atomic E-state index is 11.8. The van der Waals surface area contributed by atoms with Gasteiger partial charge in [0, 0.05) is 18.7 Å². The molecular weight excluding hydrogens is 212 g/mol. The zero-order chi connectivity index (χ0) is 12.3. The molecule has 17 heavy (non-hydrogen) atoms. The molecule has 2 rings (SSSR count). The number of nitrogens with zero attached hydrogens (tertiary/aromatic N) is 1. The van der Waals surface area contributed by atoms with Crippen LogP contribution in [0.15, 0.2) is 47.7 Å². The predicted octanol–water partition coefficient (Wildman–Crippen LogP) is 2.33. The predicted molar refractivity (Wildman–Crippen MR) is 67.6 cm³/mol. The van der Waals surface area contributed by atoms with Crippen molar-refractivity contribution < 1.29 is 4.79 Å². The third-order valence-electron chi connectivity index (χ3n) is 3.07. The third-order valence-corrected chi connectivity index (χ3v) is 3.07. The van der Waals surface area contributed by atoms with Gasteiger partial charge in [-0.3, -0.25) is 9.78 Å². The van der Waals surface area contributed by atoms with Crippen LogP contribution in [0, 0.1) is 5.92 Å². The highest BCUT2D eigenvalue weighted by Gasteiger charge is 2.18. The fraction of sp³-hybridized carbons (Fsp3) is 0.286. The second-order valence-electron chi connectivity index (χ2n) is 4.30. The first kappa shape index (κ1) is 11.6. The molecule has 0 radical (unpaired) electrons. The van der Waals surface area contributed by atoms with E-state index in [9.17, 15) is 4.79 Å². The van der Waals surface area contributed by atoms with Crippen molar-refractivity contribution in [2.75, 3.05) is 6.54 Å². The van der Waals surface area contributed by atoms with E-state index in [1.165, 1.54) is 11.1 Å². The zero-order valence-electron chi connectivity index (χ0n) is 10.1. The highest BCUT2D eigenvalue weighted by Crippen LogP contribution is 2.25. The molecule has 0 saturated heterocycles. The normalized spacial score (nSPS) is 15.4. The monoisotopic (exact) mass is 228 g/mol. The fourth-order valence-corrected chi connectivity index (χ4v) is 1.96. The van der Waals surface area contributed by atoms with Crippen LogP contribution >= 0.6 is 0 Å². The van der Waals surface area contributed by atoms with Crippen LogP contribution in [0.4, 0.5) is 0 Å². The lowest BCUT2D eigenvalue weighted by molar-refractivity contribution is 0.0946. The van der Waals surface area contributed by atoms with E-state index in [1.54, 1.807) is 18.3 Å². The van der Waals surface area contributed by atoms with Crippen LogP contribution < -0.4 is 5.32 Å². The number of hydrogen-bond acceptors (Lipinski definition) is 2. The topological polar surface area (TPSA) is 42.0 Å². The van der Waals surface area contributed by atoms with Crippen LogP contribution in [0.1, 0.15) is 24.3 Å². The average Bonchev–Trinajstić information content (AvgIpc) is 2.67. The lowest BCUT2D eigenvalue weighted by Gasteiger charge is -2.15. The summed E-state index contributed by atoms with van der Waals surface area (Å²) in [5.74, 6) is 0.223. The molecule has 0 saturated carbocycles. The van der Waals surface area contributed by atoms with E-state index < -0.39 is 0 Å². The van der Waals surface area contributed by atoms with Gasteiger partial charge in [-0.05, 0) is 26.0 Å². The van der Waals surface area contributed by atoms with Gasteiger partial charge in [0.25, 0.3) is 5.91 Å². The first-order chi connectivity index (χ1) is 8.18. The number of allylic oxidation sites excluding steroid dienone is 2. The van der Waals surface area contributed by atoms with Gasteiger partial charge >= 0.3 is 0 Å². The second-order valence-corrected chi connectivity index (χ2v) is 4.30. The van der Waals surface area contributed by atoms with Crippen LogP contribution in [0.5, 0.6) is 0 Å². The van der Waals surface area contributed by atoms with E-state index in [4.69, 9.17) is 0 Å². The number of pyridine rings is 1. The molecule has 0 spiro atoms. The number of nitrogens with one attached hydrogen (secondary N) is 1. The van der Waals surface area contributed by atoms with Crippen LogP contribution in [0.3, 0.4) is 0 Å². The van der Waals surface area contributed by atoms with Crippen LogP contribution in [-0.2, 0) is 0 Å². The lowest BCUT2D eigenvalue weighted by Crippen LogP contribution is -2.30. The van der Waals surface area contributed by atoms with Gasteiger partial charge in [0.15, 0.2) is 0 Å². The fourth-order valence-electron chi connectivity index (χ4n) is 1.96. The molecule has 1 aliphatic rings. The zero-order valence-corrected chi connectivity index (χ0v) is 10.1. The smallest absolute Gasteiger partial charge is 0.269 e. The molecule has 0 fully saturated rings. The van der Waals surface area contributed by atoms with Crippen LogP contribution in [0.25, 0.3) is 0 Å². The van der Waals surface area contributed by atoms with E-state index in [-0.39, 0.29) is 5.91 Å². The second kappa shape index (κ2) is 4.95. The summed E-state index contributed by atoms with van der Waals surface area (Å²) in [6.07, 6.45) is 5.83. The van der Waals surface area contributed by atoms with Crippen molar-refractivity contribution in [1.82, 2.24) is 10.3 Å². The minimum atomic E-state index is -0.113. The first-order valence-corrected chi connectivity index (χ1v) is 5.72. The number of hydrogen-bond donors (Lipinski definition) is 1. The third kappa shape index (κ3) is 2.61. The minimum Gasteiger partial charge on any atom is -0.350 e. The minimum absolute atomic E-state index is 0.113. The van der Waals surface area contributed by atoms with E-state index in [2.05, 4.69) is 36.3 Å². The van der Waals surface area contributed by atoms with Crippen molar-refractivity contribution in [2.45, 2.75) is 13.8 Å². The SMILES string of the molecule is CC1=CC=C(C)C1CNC(=O)c1ccccn1. The Hall–Kier alpha value is -1.90. The Bertz CT molecular complexity index is 456. The largest absolute Gasteiger partial charge is 0.350 e. The summed E-state index contributed by atoms with van der Waals surface area (Å²) < 4.78 is 0. The molecule has 1 aromatic rings. The Kier molecular flexibility index (Phi) is 3.38. The summed E-state index contributed by atoms with van der Waals surface area (Å²) in [4.78, 5) is 15.8. The standard InChI is InChI=1S/C14H16N2O/c1-10-6-7-11(2)12(10)9-16-14(17)13-5-3-4-8-15-13/h3-8,12H,9H2,1-2H3,(H,16,17). The van der Waals surface area contributed by atoms with Crippen molar-refractivity contribution in [3.05, 3.63) is 53.4 Å². The Balaban J connectivity index is 1.94. The van der Waals surface area contributed by atoms with E-state index in [0.29, 0.717) is 18.2 Å². The van der Waals surface area contributed by atoms with Gasteiger partial charge < -0.3 is 5.32 Å². The van der Waals surface area contributed by atoms with Crippen molar-refractivity contribution in [3.8, 4) is 0 Å². The molecule has 1 N–H and O–H groups in total. The molecule has 1 aromatic heterocycles. The molecule has 0 unspecified atom stereocenters. The highest BCUT2D eigenvalue weighted by atomic mass is 16.1. The Morgan fingerprint density at radius 1 is 1.29 bits per heavy atom. The van der Waals surface area contributed by atoms with E-state index in [0.717, 1.165) is 0 Å². The van der Waals surface area contributed by atoms with Crippen LogP contribution in [-0.4, -0.2) is 17.4 Å². The molecule has 1 heterocycles. The molecule has 1 amide bonds.